The van der Waals surface area contributed by atoms with Gasteiger partial charge in [0.1, 0.15) is 6.04 Å². The van der Waals surface area contributed by atoms with Crippen LogP contribution in [-0.4, -0.2) is 35.0 Å². The molecule has 38 heavy (non-hydrogen) atoms. The highest BCUT2D eigenvalue weighted by Gasteiger charge is 2.38. The van der Waals surface area contributed by atoms with Crippen molar-refractivity contribution in [1.29, 1.82) is 0 Å². The third-order valence-corrected chi connectivity index (χ3v) is 6.48. The molecule has 2 N–H and O–H groups in total. The Bertz CT molecular complexity index is 1370. The number of carbonyl (C=O) groups is 2. The van der Waals surface area contributed by atoms with Gasteiger partial charge in [0.05, 0.1) is 12.7 Å². The molecule has 6 nitrogen and oxygen atoms in total. The first-order chi connectivity index (χ1) is 18.0. The van der Waals surface area contributed by atoms with Crippen LogP contribution >= 0.6 is 12.2 Å². The van der Waals surface area contributed by atoms with Crippen LogP contribution in [0.4, 0.5) is 24.5 Å². The van der Waals surface area contributed by atoms with Gasteiger partial charge in [-0.15, -0.1) is 0 Å². The standard InChI is InChI=1S/C28H26F3N3O3S/c1-16(2)24(26(36)37-3)34-15-19-8-7-18(13-23(19)25(34)35)17-9-11-21(12-10-17)32-27(38)33-22-6-4-5-20(14-22)28(29,30)31/h4-14,16,24H,15H2,1-3H3,(H2,32,33,38). The van der Waals surface area contributed by atoms with Gasteiger partial charge in [-0.2, -0.15) is 13.2 Å². The Morgan fingerprint density at radius 2 is 1.63 bits per heavy atom. The number of nitrogens with one attached hydrogen (secondary N) is 2. The first kappa shape index (κ1) is 27.1. The molecule has 1 heterocycles. The summed E-state index contributed by atoms with van der Waals surface area (Å²) in [6.07, 6.45) is -4.44. The molecule has 0 saturated heterocycles. The number of hydrogen-bond donors (Lipinski definition) is 2. The molecule has 0 aromatic heterocycles. The summed E-state index contributed by atoms with van der Waals surface area (Å²) >= 11 is 5.25. The molecule has 1 amide bonds. The number of benzene rings is 3. The van der Waals surface area contributed by atoms with E-state index in [1.54, 1.807) is 17.0 Å². The number of amides is 1. The van der Waals surface area contributed by atoms with E-state index in [0.29, 0.717) is 17.8 Å². The van der Waals surface area contributed by atoms with E-state index in [1.807, 2.05) is 44.2 Å². The van der Waals surface area contributed by atoms with Crippen LogP contribution in [0.1, 0.15) is 35.3 Å². The molecule has 3 aromatic carbocycles. The Morgan fingerprint density at radius 3 is 2.26 bits per heavy atom. The molecule has 4 rings (SSSR count). The number of anilines is 2. The molecule has 1 aliphatic heterocycles. The summed E-state index contributed by atoms with van der Waals surface area (Å²) in [6, 6.07) is 17.0. The molecule has 3 aromatic rings. The number of esters is 1. The average molecular weight is 542 g/mol. The molecule has 0 bridgehead atoms. The van der Waals surface area contributed by atoms with Gasteiger partial charge in [0.25, 0.3) is 5.91 Å². The smallest absolute Gasteiger partial charge is 0.416 e. The fourth-order valence-corrected chi connectivity index (χ4v) is 4.66. The van der Waals surface area contributed by atoms with Crippen LogP contribution in [0.5, 0.6) is 0 Å². The monoisotopic (exact) mass is 541 g/mol. The molecule has 0 saturated carbocycles. The number of thiocarbonyl (C=S) groups is 1. The van der Waals surface area contributed by atoms with Crippen molar-refractivity contribution in [3.63, 3.8) is 0 Å². The van der Waals surface area contributed by atoms with E-state index < -0.39 is 23.8 Å². The zero-order valence-corrected chi connectivity index (χ0v) is 21.7. The maximum Gasteiger partial charge on any atom is 0.416 e. The van der Waals surface area contributed by atoms with E-state index in [9.17, 15) is 22.8 Å². The van der Waals surface area contributed by atoms with Gasteiger partial charge in [0.15, 0.2) is 5.11 Å². The highest BCUT2D eigenvalue weighted by atomic mass is 32.1. The number of rotatable bonds is 6. The van der Waals surface area contributed by atoms with Crippen LogP contribution < -0.4 is 10.6 Å². The van der Waals surface area contributed by atoms with Gasteiger partial charge in [-0.25, -0.2) is 4.79 Å². The van der Waals surface area contributed by atoms with E-state index in [0.717, 1.165) is 28.8 Å². The number of halogens is 3. The Labute approximate surface area is 223 Å². The number of carbonyl (C=O) groups excluding carboxylic acids is 2. The minimum absolute atomic E-state index is 0.102. The van der Waals surface area contributed by atoms with E-state index in [1.165, 1.54) is 19.2 Å². The predicted molar refractivity (Wildman–Crippen MR) is 144 cm³/mol. The van der Waals surface area contributed by atoms with Gasteiger partial charge in [-0.3, -0.25) is 4.79 Å². The molecule has 1 aliphatic rings. The molecule has 1 unspecified atom stereocenters. The van der Waals surface area contributed by atoms with Crippen LogP contribution in [0.25, 0.3) is 11.1 Å². The number of hydrogen-bond acceptors (Lipinski definition) is 4. The third-order valence-electron chi connectivity index (χ3n) is 6.28. The van der Waals surface area contributed by atoms with Crippen molar-refractivity contribution in [2.45, 2.75) is 32.6 Å². The highest BCUT2D eigenvalue weighted by Crippen LogP contribution is 2.32. The number of alkyl halides is 3. The molecule has 0 aliphatic carbocycles. The topological polar surface area (TPSA) is 70.7 Å². The summed E-state index contributed by atoms with van der Waals surface area (Å²) in [4.78, 5) is 27.0. The zero-order chi connectivity index (χ0) is 27.6. The molecular formula is C28H26F3N3O3S. The first-order valence-electron chi connectivity index (χ1n) is 11.9. The second-order valence-corrected chi connectivity index (χ2v) is 9.66. The minimum Gasteiger partial charge on any atom is -0.467 e. The molecule has 0 fully saturated rings. The largest absolute Gasteiger partial charge is 0.467 e. The normalized spacial score (nSPS) is 13.8. The van der Waals surface area contributed by atoms with E-state index in [2.05, 4.69) is 10.6 Å². The van der Waals surface area contributed by atoms with Crippen molar-refractivity contribution in [3.05, 3.63) is 83.4 Å². The molecular weight excluding hydrogens is 515 g/mol. The van der Waals surface area contributed by atoms with Gasteiger partial charge in [0.2, 0.25) is 0 Å². The number of methoxy groups -OCH3 is 1. The second kappa shape index (κ2) is 10.8. The Balaban J connectivity index is 1.45. The average Bonchev–Trinajstić information content (AvgIpc) is 3.19. The van der Waals surface area contributed by atoms with Crippen molar-refractivity contribution in [3.8, 4) is 11.1 Å². The lowest BCUT2D eigenvalue weighted by Gasteiger charge is -2.28. The Morgan fingerprint density at radius 1 is 0.974 bits per heavy atom. The van der Waals surface area contributed by atoms with Crippen molar-refractivity contribution in [2.75, 3.05) is 17.7 Å². The quantitative estimate of drug-likeness (QED) is 0.281. The summed E-state index contributed by atoms with van der Waals surface area (Å²) in [5.41, 5.74) is 3.17. The lowest BCUT2D eigenvalue weighted by atomic mass is 10.00. The summed E-state index contributed by atoms with van der Waals surface area (Å²) in [5, 5.41) is 5.86. The van der Waals surface area contributed by atoms with Crippen LogP contribution in [0, 0.1) is 5.92 Å². The zero-order valence-electron chi connectivity index (χ0n) is 20.9. The molecule has 1 atom stereocenters. The predicted octanol–water partition coefficient (Wildman–Crippen LogP) is 6.33. The van der Waals surface area contributed by atoms with E-state index >= 15 is 0 Å². The third kappa shape index (κ3) is 5.80. The number of nitrogens with zero attached hydrogens (tertiary/aromatic N) is 1. The van der Waals surface area contributed by atoms with Crippen molar-refractivity contribution >= 4 is 40.6 Å². The molecule has 0 radical (unpaired) electrons. The fourth-order valence-electron chi connectivity index (χ4n) is 4.42. The van der Waals surface area contributed by atoms with E-state index in [4.69, 9.17) is 17.0 Å². The SMILES string of the molecule is COC(=O)C(C(C)C)N1Cc2ccc(-c3ccc(NC(=S)Nc4cccc(C(F)(F)F)c4)cc3)cc2C1=O. The lowest BCUT2D eigenvalue weighted by Crippen LogP contribution is -2.45. The van der Waals surface area contributed by atoms with Crippen molar-refractivity contribution < 1.29 is 27.5 Å². The van der Waals surface area contributed by atoms with Crippen LogP contribution in [0.3, 0.4) is 0 Å². The van der Waals surface area contributed by atoms with Gasteiger partial charge in [0, 0.05) is 23.5 Å². The molecule has 0 spiro atoms. The maximum atomic E-state index is 13.2. The summed E-state index contributed by atoms with van der Waals surface area (Å²) < 4.78 is 43.7. The summed E-state index contributed by atoms with van der Waals surface area (Å²) in [5.74, 6) is -0.755. The minimum atomic E-state index is -4.44. The fraction of sp³-hybridized carbons (Fsp3) is 0.250. The highest BCUT2D eigenvalue weighted by molar-refractivity contribution is 7.80. The van der Waals surface area contributed by atoms with Gasteiger partial charge in [-0.1, -0.05) is 44.2 Å². The molecule has 198 valence electrons. The Hall–Kier alpha value is -3.92. The van der Waals surface area contributed by atoms with Crippen LogP contribution in [0.2, 0.25) is 0 Å². The van der Waals surface area contributed by atoms with E-state index in [-0.39, 0.29) is 22.6 Å². The summed E-state index contributed by atoms with van der Waals surface area (Å²) in [6.45, 7) is 4.09. The maximum absolute atomic E-state index is 13.2. The molecule has 10 heteroatoms. The lowest BCUT2D eigenvalue weighted by molar-refractivity contribution is -0.147. The van der Waals surface area contributed by atoms with Crippen LogP contribution in [-0.2, 0) is 22.3 Å². The number of fused-ring (bicyclic) bond motifs is 1. The van der Waals surface area contributed by atoms with Crippen molar-refractivity contribution in [2.24, 2.45) is 5.92 Å². The first-order valence-corrected chi connectivity index (χ1v) is 12.3. The Kier molecular flexibility index (Phi) is 7.73. The number of ether oxygens (including phenoxy) is 1. The van der Waals surface area contributed by atoms with Gasteiger partial charge < -0.3 is 20.3 Å². The van der Waals surface area contributed by atoms with Crippen molar-refractivity contribution in [1.82, 2.24) is 4.90 Å². The summed E-state index contributed by atoms with van der Waals surface area (Å²) in [7, 11) is 1.32. The second-order valence-electron chi connectivity index (χ2n) is 9.25. The van der Waals surface area contributed by atoms with Gasteiger partial charge >= 0.3 is 12.1 Å². The van der Waals surface area contributed by atoms with Crippen LogP contribution in [0.15, 0.2) is 66.7 Å². The van der Waals surface area contributed by atoms with Gasteiger partial charge in [-0.05, 0) is 71.2 Å².